The molecule has 7 nitrogen and oxygen atoms in total. The molecule has 4 N–H and O–H groups in total. The lowest BCUT2D eigenvalue weighted by molar-refractivity contribution is 0.275. The van der Waals surface area contributed by atoms with E-state index < -0.39 is 19.3 Å². The van der Waals surface area contributed by atoms with Crippen molar-refractivity contribution in [1.82, 2.24) is 0 Å². The van der Waals surface area contributed by atoms with Gasteiger partial charge in [0.2, 0.25) is 5.82 Å². The Kier molecular flexibility index (Phi) is 4.43. The van der Waals surface area contributed by atoms with E-state index in [9.17, 15) is 9.18 Å². The summed E-state index contributed by atoms with van der Waals surface area (Å²) in [6.45, 7) is 1.49. The normalized spacial score (nSPS) is 11.0. The molecule has 0 atom stereocenters. The van der Waals surface area contributed by atoms with Crippen molar-refractivity contribution in [3.63, 3.8) is 0 Å². The zero-order valence-electron chi connectivity index (χ0n) is 9.57. The molecular formula is C10H10FO7P. The standard InChI is InChI=1S/C10H7FO3.H3O4P/c1-5-7-3-2-6(12)4-8(7)14-10(13)9(5)11;1-5(2,3)4/h2-4,12H,1H3;(H3,1,2,3,4). The van der Waals surface area contributed by atoms with Crippen LogP contribution in [-0.2, 0) is 4.57 Å². The van der Waals surface area contributed by atoms with E-state index in [1.807, 2.05) is 0 Å². The Morgan fingerprint density at radius 3 is 2.32 bits per heavy atom. The quantitative estimate of drug-likeness (QED) is 0.421. The molecular weight excluding hydrogens is 282 g/mol. The molecule has 19 heavy (non-hydrogen) atoms. The highest BCUT2D eigenvalue weighted by Gasteiger charge is 2.10. The summed E-state index contributed by atoms with van der Waals surface area (Å²) in [5.74, 6) is -0.908. The second-order valence-electron chi connectivity index (χ2n) is 3.52. The van der Waals surface area contributed by atoms with Crippen LogP contribution in [0, 0.1) is 12.7 Å². The molecule has 0 aliphatic carbocycles. The number of hydrogen-bond donors (Lipinski definition) is 4. The van der Waals surface area contributed by atoms with Gasteiger partial charge in [-0.3, -0.25) is 0 Å². The molecule has 0 saturated carbocycles. The summed E-state index contributed by atoms with van der Waals surface area (Å²) in [7, 11) is -4.64. The zero-order valence-corrected chi connectivity index (χ0v) is 10.5. The first-order valence-electron chi connectivity index (χ1n) is 4.80. The number of halogens is 1. The third kappa shape index (κ3) is 4.46. The number of phenolic OH excluding ortho intramolecular Hbond substituents is 1. The Balaban J connectivity index is 0.000000312. The number of fused-ring (bicyclic) bond motifs is 1. The topological polar surface area (TPSA) is 128 Å². The first-order chi connectivity index (χ1) is 8.59. The lowest BCUT2D eigenvalue weighted by Gasteiger charge is -2.01. The van der Waals surface area contributed by atoms with Gasteiger partial charge in [-0.05, 0) is 19.1 Å². The molecule has 1 aromatic carbocycles. The summed E-state index contributed by atoms with van der Waals surface area (Å²) in [5, 5.41) is 9.61. The summed E-state index contributed by atoms with van der Waals surface area (Å²) >= 11 is 0. The fourth-order valence-corrected chi connectivity index (χ4v) is 1.32. The van der Waals surface area contributed by atoms with Gasteiger partial charge in [-0.25, -0.2) is 9.36 Å². The molecule has 0 aliphatic rings. The van der Waals surface area contributed by atoms with E-state index in [1.165, 1.54) is 25.1 Å². The van der Waals surface area contributed by atoms with Crippen LogP contribution in [0.4, 0.5) is 4.39 Å². The second kappa shape index (κ2) is 5.50. The van der Waals surface area contributed by atoms with Gasteiger partial charge in [0.05, 0.1) is 0 Å². The lowest BCUT2D eigenvalue weighted by atomic mass is 10.1. The number of aromatic hydroxyl groups is 1. The third-order valence-corrected chi connectivity index (χ3v) is 2.08. The van der Waals surface area contributed by atoms with Crippen LogP contribution in [0.5, 0.6) is 5.75 Å². The van der Waals surface area contributed by atoms with E-state index in [1.54, 1.807) is 0 Å². The highest BCUT2D eigenvalue weighted by molar-refractivity contribution is 7.45. The predicted molar refractivity (Wildman–Crippen MR) is 63.1 cm³/mol. The van der Waals surface area contributed by atoms with E-state index in [0.29, 0.717) is 5.39 Å². The highest BCUT2D eigenvalue weighted by Crippen LogP contribution is 2.25. The molecule has 0 radical (unpaired) electrons. The summed E-state index contributed by atoms with van der Waals surface area (Å²) in [4.78, 5) is 32.5. The van der Waals surface area contributed by atoms with Gasteiger partial charge < -0.3 is 24.2 Å². The average molecular weight is 292 g/mol. The maximum absolute atomic E-state index is 13.1. The minimum atomic E-state index is -4.64. The number of phosphoric acid groups is 1. The molecule has 0 unspecified atom stereocenters. The third-order valence-electron chi connectivity index (χ3n) is 2.08. The zero-order chi connectivity index (χ0) is 14.8. The Morgan fingerprint density at radius 2 is 1.79 bits per heavy atom. The summed E-state index contributed by atoms with van der Waals surface area (Å²) < 4.78 is 26.6. The maximum atomic E-state index is 13.1. The van der Waals surface area contributed by atoms with Gasteiger partial charge in [0.25, 0.3) is 0 Å². The lowest BCUT2D eigenvalue weighted by Crippen LogP contribution is -2.06. The SMILES string of the molecule is Cc1c(F)c(=O)oc2cc(O)ccc12.O=P(O)(O)O. The Bertz CT molecular complexity index is 695. The minimum absolute atomic E-state index is 0.0216. The van der Waals surface area contributed by atoms with Gasteiger partial charge in [0.15, 0.2) is 0 Å². The van der Waals surface area contributed by atoms with Crippen molar-refractivity contribution >= 4 is 18.8 Å². The molecule has 0 bridgehead atoms. The van der Waals surface area contributed by atoms with Crippen LogP contribution in [0.15, 0.2) is 27.4 Å². The molecule has 1 aromatic heterocycles. The van der Waals surface area contributed by atoms with Gasteiger partial charge in [-0.2, -0.15) is 4.39 Å². The highest BCUT2D eigenvalue weighted by atomic mass is 31.2. The predicted octanol–water partition coefficient (Wildman–Crippen LogP) is 1.02. The smallest absolute Gasteiger partial charge is 0.466 e. The molecule has 2 rings (SSSR count). The molecule has 0 amide bonds. The van der Waals surface area contributed by atoms with Crippen molar-refractivity contribution in [2.24, 2.45) is 0 Å². The van der Waals surface area contributed by atoms with Gasteiger partial charge in [0.1, 0.15) is 11.3 Å². The second-order valence-corrected chi connectivity index (χ2v) is 4.55. The Morgan fingerprint density at radius 1 is 1.26 bits per heavy atom. The van der Waals surface area contributed by atoms with E-state index in [0.717, 1.165) is 0 Å². The maximum Gasteiger partial charge on any atom is 0.466 e. The minimum Gasteiger partial charge on any atom is -0.508 e. The molecule has 2 aromatic rings. The van der Waals surface area contributed by atoms with Crippen LogP contribution in [-0.4, -0.2) is 19.8 Å². The van der Waals surface area contributed by atoms with Crippen LogP contribution in [0.3, 0.4) is 0 Å². The monoisotopic (exact) mass is 292 g/mol. The average Bonchev–Trinajstić information content (AvgIpc) is 2.23. The molecule has 9 heteroatoms. The van der Waals surface area contributed by atoms with Crippen molar-refractivity contribution in [2.45, 2.75) is 6.92 Å². The summed E-state index contributed by atoms with van der Waals surface area (Å²) in [5.41, 5.74) is -0.592. The number of phenols is 1. The van der Waals surface area contributed by atoms with Gasteiger partial charge in [0, 0.05) is 17.0 Å². The molecule has 1 heterocycles. The molecule has 0 saturated heterocycles. The van der Waals surface area contributed by atoms with Gasteiger partial charge >= 0.3 is 13.4 Å². The number of benzene rings is 1. The fourth-order valence-electron chi connectivity index (χ4n) is 1.32. The first-order valence-corrected chi connectivity index (χ1v) is 6.36. The van der Waals surface area contributed by atoms with Crippen LogP contribution in [0.25, 0.3) is 11.0 Å². The van der Waals surface area contributed by atoms with Crippen molar-refractivity contribution < 1.29 is 33.2 Å². The van der Waals surface area contributed by atoms with Crippen molar-refractivity contribution in [2.75, 3.05) is 0 Å². The molecule has 0 aliphatic heterocycles. The number of aryl methyl sites for hydroxylation is 1. The van der Waals surface area contributed by atoms with Crippen LogP contribution in [0.1, 0.15) is 5.56 Å². The van der Waals surface area contributed by atoms with Crippen LogP contribution in [0.2, 0.25) is 0 Å². The van der Waals surface area contributed by atoms with Crippen molar-refractivity contribution in [3.05, 3.63) is 40.0 Å². The molecule has 0 spiro atoms. The first kappa shape index (κ1) is 15.3. The summed E-state index contributed by atoms with van der Waals surface area (Å²) in [6, 6.07) is 4.20. The fraction of sp³-hybridized carbons (Fsp3) is 0.100. The number of hydrogen-bond acceptors (Lipinski definition) is 4. The van der Waals surface area contributed by atoms with Crippen LogP contribution >= 0.6 is 7.82 Å². The van der Waals surface area contributed by atoms with Crippen molar-refractivity contribution in [3.8, 4) is 5.75 Å². The van der Waals surface area contributed by atoms with Crippen LogP contribution < -0.4 is 5.63 Å². The molecule has 104 valence electrons. The largest absolute Gasteiger partial charge is 0.508 e. The van der Waals surface area contributed by atoms with Gasteiger partial charge in [-0.1, -0.05) is 0 Å². The number of rotatable bonds is 0. The van der Waals surface area contributed by atoms with Gasteiger partial charge in [-0.15, -0.1) is 0 Å². The van der Waals surface area contributed by atoms with E-state index in [2.05, 4.69) is 4.42 Å². The van der Waals surface area contributed by atoms with E-state index >= 15 is 0 Å². The Hall–Kier alpha value is -1.73. The summed E-state index contributed by atoms with van der Waals surface area (Å²) in [6.07, 6.45) is 0. The molecule has 0 fully saturated rings. The van der Waals surface area contributed by atoms with E-state index in [4.69, 9.17) is 24.4 Å². The Labute approximate surface area is 105 Å². The van der Waals surface area contributed by atoms with Crippen molar-refractivity contribution in [1.29, 1.82) is 0 Å². The van der Waals surface area contributed by atoms with E-state index in [-0.39, 0.29) is 16.9 Å².